The third kappa shape index (κ3) is 4.44. The summed E-state index contributed by atoms with van der Waals surface area (Å²) >= 11 is 0. The molecule has 3 nitrogen and oxygen atoms in total. The lowest BCUT2D eigenvalue weighted by Crippen LogP contribution is -2.43. The van der Waals surface area contributed by atoms with Crippen molar-refractivity contribution in [2.24, 2.45) is 17.3 Å². The molecule has 0 aromatic heterocycles. The Morgan fingerprint density at radius 1 is 1.15 bits per heavy atom. The summed E-state index contributed by atoms with van der Waals surface area (Å²) in [4.78, 5) is 2.56. The molecule has 2 saturated carbocycles. The van der Waals surface area contributed by atoms with Gasteiger partial charge in [0.1, 0.15) is 0 Å². The fourth-order valence-corrected chi connectivity index (χ4v) is 3.60. The first-order valence-electron chi connectivity index (χ1n) is 8.33. The van der Waals surface area contributed by atoms with Crippen LogP contribution in [0, 0.1) is 17.3 Å². The molecule has 0 bridgehead atoms. The smallest absolute Gasteiger partial charge is 0.0589 e. The van der Waals surface area contributed by atoms with Crippen LogP contribution in [0.2, 0.25) is 0 Å². The van der Waals surface area contributed by atoms with Crippen molar-refractivity contribution in [2.75, 3.05) is 26.8 Å². The topological polar surface area (TPSA) is 32.7 Å². The van der Waals surface area contributed by atoms with Crippen molar-refractivity contribution in [1.82, 2.24) is 4.90 Å². The lowest BCUT2D eigenvalue weighted by atomic mass is 9.68. The molecule has 0 aromatic rings. The van der Waals surface area contributed by atoms with Gasteiger partial charge in [0.15, 0.2) is 0 Å². The number of methoxy groups -OCH3 is 1. The predicted molar refractivity (Wildman–Crippen MR) is 82.8 cm³/mol. The molecule has 2 fully saturated rings. The Labute approximate surface area is 124 Å². The molecule has 0 aliphatic heterocycles. The summed E-state index contributed by atoms with van der Waals surface area (Å²) in [6.07, 6.45) is 5.90. The number of hydrogen-bond acceptors (Lipinski definition) is 3. The summed E-state index contributed by atoms with van der Waals surface area (Å²) in [5.74, 6) is 1.20. The van der Waals surface area contributed by atoms with Gasteiger partial charge in [0.05, 0.1) is 12.7 Å². The van der Waals surface area contributed by atoms with Crippen LogP contribution in [0.25, 0.3) is 0 Å². The van der Waals surface area contributed by atoms with Crippen molar-refractivity contribution >= 4 is 0 Å². The summed E-state index contributed by atoms with van der Waals surface area (Å²) < 4.78 is 5.24. The molecule has 0 amide bonds. The molecule has 118 valence electrons. The van der Waals surface area contributed by atoms with Gasteiger partial charge in [-0.25, -0.2) is 0 Å². The number of rotatable bonds is 6. The Hall–Kier alpha value is -0.120. The molecule has 0 spiro atoms. The summed E-state index contributed by atoms with van der Waals surface area (Å²) in [6.45, 7) is 9.91. The average Bonchev–Trinajstić information content (AvgIpc) is 3.19. The largest absolute Gasteiger partial charge is 0.393 e. The van der Waals surface area contributed by atoms with Gasteiger partial charge in [-0.3, -0.25) is 4.90 Å². The van der Waals surface area contributed by atoms with Gasteiger partial charge in [-0.05, 0) is 49.4 Å². The highest BCUT2D eigenvalue weighted by atomic mass is 16.5. The maximum atomic E-state index is 10.4. The number of ether oxygens (including phenoxy) is 1. The fraction of sp³-hybridized carbons (Fsp3) is 1.00. The highest BCUT2D eigenvalue weighted by molar-refractivity contribution is 4.90. The lowest BCUT2D eigenvalue weighted by Gasteiger charge is -2.41. The predicted octanol–water partition coefficient (Wildman–Crippen LogP) is 2.92. The van der Waals surface area contributed by atoms with Crippen molar-refractivity contribution in [3.63, 3.8) is 0 Å². The first kappa shape index (κ1) is 16.3. The lowest BCUT2D eigenvalue weighted by molar-refractivity contribution is -0.00111. The van der Waals surface area contributed by atoms with Gasteiger partial charge in [0, 0.05) is 26.2 Å². The minimum atomic E-state index is -0.0996. The summed E-state index contributed by atoms with van der Waals surface area (Å²) in [5.41, 5.74) is 0.370. The first-order valence-corrected chi connectivity index (χ1v) is 8.33. The molecule has 2 rings (SSSR count). The third-order valence-corrected chi connectivity index (χ3v) is 5.28. The van der Waals surface area contributed by atoms with E-state index in [0.29, 0.717) is 11.3 Å². The van der Waals surface area contributed by atoms with E-state index in [4.69, 9.17) is 4.74 Å². The van der Waals surface area contributed by atoms with E-state index in [0.717, 1.165) is 38.1 Å². The molecule has 3 heteroatoms. The van der Waals surface area contributed by atoms with Gasteiger partial charge >= 0.3 is 0 Å². The standard InChI is InChI=1S/C17H33NO2/c1-17(2,3)14-5-8-16(19)13(11-14)12-18(9-10-20-4)15-6-7-15/h13-16,19H,5-12H2,1-4H3. The van der Waals surface area contributed by atoms with Crippen molar-refractivity contribution in [1.29, 1.82) is 0 Å². The first-order chi connectivity index (χ1) is 9.41. The zero-order valence-electron chi connectivity index (χ0n) is 13.8. The van der Waals surface area contributed by atoms with Crippen molar-refractivity contribution in [3.05, 3.63) is 0 Å². The zero-order valence-corrected chi connectivity index (χ0v) is 13.8. The van der Waals surface area contributed by atoms with Gasteiger partial charge in [-0.2, -0.15) is 0 Å². The fourth-order valence-electron chi connectivity index (χ4n) is 3.60. The molecule has 0 saturated heterocycles. The SMILES string of the molecule is COCCN(CC1CC(C(C)(C)C)CCC1O)C1CC1. The molecule has 1 N–H and O–H groups in total. The molecular weight excluding hydrogens is 250 g/mol. The molecule has 0 heterocycles. The molecule has 0 aromatic carbocycles. The highest BCUT2D eigenvalue weighted by Gasteiger charge is 2.38. The van der Waals surface area contributed by atoms with Gasteiger partial charge in [0.25, 0.3) is 0 Å². The Kier molecular flexibility index (Phi) is 5.49. The van der Waals surface area contributed by atoms with Crippen LogP contribution in [0.4, 0.5) is 0 Å². The summed E-state index contributed by atoms with van der Waals surface area (Å²) in [6, 6.07) is 0.757. The number of hydrogen-bond donors (Lipinski definition) is 1. The van der Waals surface area contributed by atoms with E-state index in [2.05, 4.69) is 25.7 Å². The second kappa shape index (κ2) is 6.76. The number of aliphatic hydroxyl groups is 1. The maximum absolute atomic E-state index is 10.4. The Morgan fingerprint density at radius 2 is 1.85 bits per heavy atom. The van der Waals surface area contributed by atoms with Gasteiger partial charge in [-0.15, -0.1) is 0 Å². The average molecular weight is 283 g/mol. The van der Waals surface area contributed by atoms with Gasteiger partial charge in [0.2, 0.25) is 0 Å². The minimum Gasteiger partial charge on any atom is -0.393 e. The number of aliphatic hydroxyl groups excluding tert-OH is 1. The Bertz CT molecular complexity index is 296. The molecule has 2 aliphatic rings. The minimum absolute atomic E-state index is 0.0996. The number of nitrogens with zero attached hydrogens (tertiary/aromatic N) is 1. The van der Waals surface area contributed by atoms with Crippen molar-refractivity contribution in [3.8, 4) is 0 Å². The molecule has 3 atom stereocenters. The Morgan fingerprint density at radius 3 is 2.40 bits per heavy atom. The van der Waals surface area contributed by atoms with Crippen molar-refractivity contribution in [2.45, 2.75) is 65.0 Å². The van der Waals surface area contributed by atoms with Gasteiger partial charge < -0.3 is 9.84 Å². The molecular formula is C17H33NO2. The third-order valence-electron chi connectivity index (χ3n) is 5.28. The molecule has 2 aliphatic carbocycles. The monoisotopic (exact) mass is 283 g/mol. The van der Waals surface area contributed by atoms with Crippen LogP contribution in [-0.2, 0) is 4.74 Å². The normalized spacial score (nSPS) is 31.8. The maximum Gasteiger partial charge on any atom is 0.0589 e. The van der Waals surface area contributed by atoms with Crippen LogP contribution in [0.15, 0.2) is 0 Å². The van der Waals surface area contributed by atoms with Crippen molar-refractivity contribution < 1.29 is 9.84 Å². The van der Waals surface area contributed by atoms with E-state index >= 15 is 0 Å². The molecule has 3 unspecified atom stereocenters. The highest BCUT2D eigenvalue weighted by Crippen LogP contribution is 2.41. The van der Waals surface area contributed by atoms with Crippen LogP contribution in [0.1, 0.15) is 52.9 Å². The molecule has 0 radical (unpaired) electrons. The van der Waals surface area contributed by atoms with E-state index in [-0.39, 0.29) is 6.10 Å². The van der Waals surface area contributed by atoms with E-state index < -0.39 is 0 Å². The quantitative estimate of drug-likeness (QED) is 0.813. The summed E-state index contributed by atoms with van der Waals surface area (Å²) in [7, 11) is 1.77. The van der Waals surface area contributed by atoms with E-state index in [9.17, 15) is 5.11 Å². The second-order valence-electron chi connectivity index (χ2n) is 7.92. The van der Waals surface area contributed by atoms with E-state index in [1.165, 1.54) is 25.7 Å². The molecule has 20 heavy (non-hydrogen) atoms. The van der Waals surface area contributed by atoms with Crippen LogP contribution < -0.4 is 0 Å². The van der Waals surface area contributed by atoms with Gasteiger partial charge in [-0.1, -0.05) is 20.8 Å². The van der Waals surface area contributed by atoms with Crippen LogP contribution in [0.3, 0.4) is 0 Å². The summed E-state index contributed by atoms with van der Waals surface area (Å²) in [5, 5.41) is 10.4. The zero-order chi connectivity index (χ0) is 14.8. The van der Waals surface area contributed by atoms with E-state index in [1.807, 2.05) is 0 Å². The van der Waals surface area contributed by atoms with Crippen LogP contribution in [-0.4, -0.2) is 49.0 Å². The van der Waals surface area contributed by atoms with E-state index in [1.54, 1.807) is 7.11 Å². The van der Waals surface area contributed by atoms with Crippen LogP contribution in [0.5, 0.6) is 0 Å². The van der Waals surface area contributed by atoms with Crippen LogP contribution >= 0.6 is 0 Å². The second-order valence-corrected chi connectivity index (χ2v) is 7.92. The Balaban J connectivity index is 1.90.